The van der Waals surface area contributed by atoms with Crippen molar-refractivity contribution in [3.63, 3.8) is 0 Å². The number of likely N-dealkylation sites (tertiary alicyclic amines) is 1. The van der Waals surface area contributed by atoms with Crippen LogP contribution in [0.1, 0.15) is 18.9 Å². The minimum atomic E-state index is -0.384. The van der Waals surface area contributed by atoms with E-state index in [1.807, 2.05) is 35.0 Å². The van der Waals surface area contributed by atoms with Crippen LogP contribution in [0, 0.1) is 15.5 Å². The highest BCUT2D eigenvalue weighted by Crippen LogP contribution is 2.32. The van der Waals surface area contributed by atoms with Crippen molar-refractivity contribution in [2.45, 2.75) is 19.9 Å². The minimum Gasteiger partial charge on any atom is -0.330 e. The number of nitro benzene ring substituents is 1. The van der Waals surface area contributed by atoms with E-state index in [9.17, 15) is 10.1 Å². The first kappa shape index (κ1) is 22.0. The molecule has 1 atom stereocenters. The molecular weight excluding hydrogens is 402 g/mol. The lowest BCUT2D eigenvalue weighted by Gasteiger charge is -2.22. The number of nitrogens with two attached hydrogens (primary N) is 1. The van der Waals surface area contributed by atoms with E-state index in [-0.39, 0.29) is 28.4 Å². The molecule has 0 spiro atoms. The fourth-order valence-corrected chi connectivity index (χ4v) is 3.89. The van der Waals surface area contributed by atoms with Gasteiger partial charge in [-0.15, -0.1) is 12.4 Å². The fourth-order valence-electron chi connectivity index (χ4n) is 3.89. The molecule has 0 saturated carbocycles. The monoisotopic (exact) mass is 427 g/mol. The van der Waals surface area contributed by atoms with Crippen molar-refractivity contribution < 1.29 is 4.92 Å². The Labute approximate surface area is 182 Å². The van der Waals surface area contributed by atoms with E-state index in [1.54, 1.807) is 12.1 Å². The van der Waals surface area contributed by atoms with E-state index in [2.05, 4.69) is 18.0 Å². The summed E-state index contributed by atoms with van der Waals surface area (Å²) in [5.74, 6) is 0. The molecule has 158 valence electrons. The van der Waals surface area contributed by atoms with Crippen LogP contribution in [-0.4, -0.2) is 39.2 Å². The summed E-state index contributed by atoms with van der Waals surface area (Å²) in [5.41, 5.74) is 10.0. The largest absolute Gasteiger partial charge is 0.330 e. The number of aromatic nitrogens is 2. The van der Waals surface area contributed by atoms with Gasteiger partial charge in [0, 0.05) is 42.5 Å². The molecule has 3 aromatic rings. The van der Waals surface area contributed by atoms with Gasteiger partial charge < -0.3 is 5.73 Å². The molecule has 4 rings (SSSR count). The topological polar surface area (TPSA) is 90.2 Å². The number of non-ortho nitro benzene ring substituents is 1. The fraction of sp³-hybridized carbons (Fsp3) is 0.318. The first-order valence-electron chi connectivity index (χ1n) is 9.79. The molecule has 2 aromatic carbocycles. The second-order valence-electron chi connectivity index (χ2n) is 8.06. The molecule has 2 heterocycles. The van der Waals surface area contributed by atoms with Gasteiger partial charge in [-0.3, -0.25) is 15.0 Å². The zero-order valence-corrected chi connectivity index (χ0v) is 17.7. The van der Waals surface area contributed by atoms with Gasteiger partial charge in [0.15, 0.2) is 0 Å². The molecule has 0 aliphatic carbocycles. The van der Waals surface area contributed by atoms with Crippen molar-refractivity contribution in [1.29, 1.82) is 0 Å². The maximum absolute atomic E-state index is 11.0. The first-order valence-corrected chi connectivity index (χ1v) is 9.79. The van der Waals surface area contributed by atoms with Crippen LogP contribution in [0.5, 0.6) is 0 Å². The summed E-state index contributed by atoms with van der Waals surface area (Å²) < 4.78 is 1.88. The van der Waals surface area contributed by atoms with Gasteiger partial charge in [0.05, 0.1) is 16.3 Å². The number of rotatable bonds is 6. The summed E-state index contributed by atoms with van der Waals surface area (Å²) in [6.45, 7) is 5.65. The third kappa shape index (κ3) is 4.53. The van der Waals surface area contributed by atoms with E-state index in [1.165, 1.54) is 12.1 Å². The number of nitro groups is 1. The average molecular weight is 428 g/mol. The van der Waals surface area contributed by atoms with Crippen LogP contribution >= 0.6 is 12.4 Å². The molecule has 1 fully saturated rings. The summed E-state index contributed by atoms with van der Waals surface area (Å²) in [5, 5.41) is 15.8. The number of hydrogen-bond acceptors (Lipinski definition) is 5. The minimum absolute atomic E-state index is 0. The van der Waals surface area contributed by atoms with E-state index < -0.39 is 0 Å². The molecule has 1 saturated heterocycles. The number of benzene rings is 2. The molecule has 0 radical (unpaired) electrons. The van der Waals surface area contributed by atoms with Gasteiger partial charge in [0.1, 0.15) is 0 Å². The van der Waals surface area contributed by atoms with Crippen molar-refractivity contribution in [2.24, 2.45) is 11.1 Å². The molecule has 0 amide bonds. The van der Waals surface area contributed by atoms with Gasteiger partial charge in [-0.1, -0.05) is 25.1 Å². The van der Waals surface area contributed by atoms with Gasteiger partial charge >= 0.3 is 0 Å². The lowest BCUT2D eigenvalue weighted by Crippen LogP contribution is -2.31. The SMILES string of the molecule is CC1(CN)CCN(Cc2cn(-c3ccccc3)nc2-c2ccc([N+](=O)[O-])cc2)C1.Cl. The first-order chi connectivity index (χ1) is 14.0. The Hall–Kier alpha value is -2.74. The molecule has 1 unspecified atom stereocenters. The summed E-state index contributed by atoms with van der Waals surface area (Å²) in [4.78, 5) is 13.0. The number of para-hydroxylation sites is 1. The van der Waals surface area contributed by atoms with Crippen LogP contribution < -0.4 is 5.73 Å². The predicted molar refractivity (Wildman–Crippen MR) is 120 cm³/mol. The molecular formula is C22H26ClN5O2. The van der Waals surface area contributed by atoms with Crippen LogP contribution in [0.25, 0.3) is 16.9 Å². The maximum atomic E-state index is 11.0. The molecule has 0 bridgehead atoms. The molecule has 30 heavy (non-hydrogen) atoms. The van der Waals surface area contributed by atoms with Crippen LogP contribution in [0.4, 0.5) is 5.69 Å². The maximum Gasteiger partial charge on any atom is 0.269 e. The third-order valence-corrected chi connectivity index (χ3v) is 5.69. The van der Waals surface area contributed by atoms with Crippen molar-refractivity contribution in [1.82, 2.24) is 14.7 Å². The zero-order valence-electron chi connectivity index (χ0n) is 16.9. The highest BCUT2D eigenvalue weighted by molar-refractivity contribution is 5.85. The molecule has 8 heteroatoms. The number of hydrogen-bond donors (Lipinski definition) is 1. The van der Waals surface area contributed by atoms with Crippen LogP contribution in [0.15, 0.2) is 60.8 Å². The summed E-state index contributed by atoms with van der Waals surface area (Å²) in [7, 11) is 0. The normalized spacial score (nSPS) is 18.9. The summed E-state index contributed by atoms with van der Waals surface area (Å²) in [6, 6.07) is 16.6. The smallest absolute Gasteiger partial charge is 0.269 e. The summed E-state index contributed by atoms with van der Waals surface area (Å²) in [6.07, 6.45) is 3.15. The molecule has 1 aliphatic heterocycles. The van der Waals surface area contributed by atoms with Gasteiger partial charge in [-0.25, -0.2) is 4.68 Å². The summed E-state index contributed by atoms with van der Waals surface area (Å²) >= 11 is 0. The van der Waals surface area contributed by atoms with Crippen molar-refractivity contribution in [3.8, 4) is 16.9 Å². The highest BCUT2D eigenvalue weighted by Gasteiger charge is 2.33. The second kappa shape index (κ2) is 8.95. The number of halogens is 1. The molecule has 2 N–H and O–H groups in total. The second-order valence-corrected chi connectivity index (χ2v) is 8.06. The molecule has 1 aromatic heterocycles. The third-order valence-electron chi connectivity index (χ3n) is 5.69. The Morgan fingerprint density at radius 1 is 1.17 bits per heavy atom. The van der Waals surface area contributed by atoms with Crippen LogP contribution in [0.3, 0.4) is 0 Å². The van der Waals surface area contributed by atoms with Crippen molar-refractivity contribution >= 4 is 18.1 Å². The van der Waals surface area contributed by atoms with Gasteiger partial charge in [0.2, 0.25) is 0 Å². The molecule has 7 nitrogen and oxygen atoms in total. The number of nitrogens with zero attached hydrogens (tertiary/aromatic N) is 4. The van der Waals surface area contributed by atoms with Gasteiger partial charge in [0.25, 0.3) is 5.69 Å². The standard InChI is InChI=1S/C22H25N5O2.ClH/c1-22(15-23)11-12-25(16-22)13-18-14-26(19-5-3-2-4-6-19)24-21(18)17-7-9-20(10-8-17)27(28)29;/h2-10,14H,11-13,15-16,23H2,1H3;1H. The lowest BCUT2D eigenvalue weighted by atomic mass is 9.90. The van der Waals surface area contributed by atoms with Crippen molar-refractivity contribution in [2.75, 3.05) is 19.6 Å². The van der Waals surface area contributed by atoms with Crippen molar-refractivity contribution in [3.05, 3.63) is 76.5 Å². The zero-order chi connectivity index (χ0) is 20.4. The lowest BCUT2D eigenvalue weighted by molar-refractivity contribution is -0.384. The van der Waals surface area contributed by atoms with E-state index in [0.29, 0.717) is 6.54 Å². The van der Waals surface area contributed by atoms with Gasteiger partial charge in [-0.05, 0) is 49.2 Å². The predicted octanol–water partition coefficient (Wildman–Crippen LogP) is 4.04. The Morgan fingerprint density at radius 3 is 2.47 bits per heavy atom. The van der Waals surface area contributed by atoms with Crippen LogP contribution in [-0.2, 0) is 6.54 Å². The highest BCUT2D eigenvalue weighted by atomic mass is 35.5. The van der Waals surface area contributed by atoms with E-state index in [4.69, 9.17) is 10.8 Å². The van der Waals surface area contributed by atoms with Gasteiger partial charge in [-0.2, -0.15) is 5.10 Å². The Morgan fingerprint density at radius 2 is 1.87 bits per heavy atom. The Bertz CT molecular complexity index is 1010. The quantitative estimate of drug-likeness (QED) is 0.473. The average Bonchev–Trinajstić information content (AvgIpc) is 3.33. The van der Waals surface area contributed by atoms with E-state index in [0.717, 1.165) is 48.6 Å². The van der Waals surface area contributed by atoms with Crippen LogP contribution in [0.2, 0.25) is 0 Å². The Kier molecular flexibility index (Phi) is 6.55. The Balaban J connectivity index is 0.00000256. The molecule has 1 aliphatic rings. The van der Waals surface area contributed by atoms with E-state index >= 15 is 0 Å².